The van der Waals surface area contributed by atoms with Crippen LogP contribution < -0.4 is 5.56 Å². The van der Waals surface area contributed by atoms with Crippen molar-refractivity contribution in [1.29, 1.82) is 5.26 Å². The number of rotatable bonds is 2. The van der Waals surface area contributed by atoms with Crippen LogP contribution in [0.25, 0.3) is 10.2 Å². The van der Waals surface area contributed by atoms with Gasteiger partial charge in [-0.2, -0.15) is 5.26 Å². The van der Waals surface area contributed by atoms with Crippen LogP contribution in [0.4, 0.5) is 0 Å². The van der Waals surface area contributed by atoms with Gasteiger partial charge in [0.15, 0.2) is 5.16 Å². The van der Waals surface area contributed by atoms with Crippen LogP contribution in [0.1, 0.15) is 23.3 Å². The molecule has 0 aliphatic heterocycles. The first-order valence-corrected chi connectivity index (χ1v) is 8.03. The molecule has 2 heterocycles. The molecule has 98 valence electrons. The second-order valence-electron chi connectivity index (χ2n) is 4.60. The van der Waals surface area contributed by atoms with E-state index in [-0.39, 0.29) is 5.56 Å². The Balaban J connectivity index is 2.22. The zero-order valence-corrected chi connectivity index (χ0v) is 12.2. The van der Waals surface area contributed by atoms with Crippen LogP contribution in [-0.4, -0.2) is 15.3 Å². The van der Waals surface area contributed by atoms with Gasteiger partial charge >= 0.3 is 0 Å². The molecule has 2 aromatic heterocycles. The fourth-order valence-corrected chi connectivity index (χ4v) is 4.43. The summed E-state index contributed by atoms with van der Waals surface area (Å²) in [5.74, 6) is 0.316. The van der Waals surface area contributed by atoms with Gasteiger partial charge in [0.1, 0.15) is 4.83 Å². The smallest absolute Gasteiger partial charge is 0.262 e. The maximum Gasteiger partial charge on any atom is 0.262 e. The molecule has 0 amide bonds. The average Bonchev–Trinajstić information content (AvgIpc) is 2.79. The van der Waals surface area contributed by atoms with Gasteiger partial charge < -0.3 is 0 Å². The minimum absolute atomic E-state index is 0.0323. The molecule has 4 nitrogen and oxygen atoms in total. The van der Waals surface area contributed by atoms with Crippen LogP contribution in [0.5, 0.6) is 0 Å². The van der Waals surface area contributed by atoms with E-state index < -0.39 is 0 Å². The highest BCUT2D eigenvalue weighted by molar-refractivity contribution is 7.99. The molecule has 1 aliphatic carbocycles. The minimum atomic E-state index is 0.0323. The monoisotopic (exact) mass is 291 g/mol. The van der Waals surface area contributed by atoms with Gasteiger partial charge in [0.2, 0.25) is 0 Å². The summed E-state index contributed by atoms with van der Waals surface area (Å²) in [5.41, 5.74) is 1.25. The first kappa shape index (κ1) is 12.7. The summed E-state index contributed by atoms with van der Waals surface area (Å²) in [6.45, 7) is 0. The van der Waals surface area contributed by atoms with Gasteiger partial charge in [-0.15, -0.1) is 11.3 Å². The van der Waals surface area contributed by atoms with Gasteiger partial charge in [0.05, 0.1) is 17.2 Å². The van der Waals surface area contributed by atoms with Crippen molar-refractivity contribution in [3.63, 3.8) is 0 Å². The summed E-state index contributed by atoms with van der Waals surface area (Å²) in [6, 6.07) is 2.07. The van der Waals surface area contributed by atoms with Crippen molar-refractivity contribution in [2.45, 2.75) is 30.8 Å². The van der Waals surface area contributed by atoms with Crippen molar-refractivity contribution in [3.05, 3.63) is 20.8 Å². The number of hydrogen-bond acceptors (Lipinski definition) is 5. The van der Waals surface area contributed by atoms with E-state index in [4.69, 9.17) is 5.26 Å². The number of aromatic nitrogens is 2. The Bertz CT molecular complexity index is 739. The Hall–Kier alpha value is -1.32. The molecule has 6 heteroatoms. The maximum atomic E-state index is 12.5. The van der Waals surface area contributed by atoms with E-state index in [0.717, 1.165) is 29.5 Å². The predicted molar refractivity (Wildman–Crippen MR) is 77.8 cm³/mol. The zero-order chi connectivity index (χ0) is 13.4. The summed E-state index contributed by atoms with van der Waals surface area (Å²) in [6.07, 6.45) is 4.43. The summed E-state index contributed by atoms with van der Waals surface area (Å²) >= 11 is 2.97. The molecule has 0 aromatic carbocycles. The number of nitriles is 1. The average molecular weight is 291 g/mol. The van der Waals surface area contributed by atoms with E-state index in [2.05, 4.69) is 11.1 Å². The summed E-state index contributed by atoms with van der Waals surface area (Å²) in [4.78, 5) is 19.2. The van der Waals surface area contributed by atoms with Crippen molar-refractivity contribution < 1.29 is 0 Å². The van der Waals surface area contributed by atoms with Crippen LogP contribution in [0.3, 0.4) is 0 Å². The molecule has 0 bridgehead atoms. The molecule has 2 aromatic rings. The molecule has 0 spiro atoms. The lowest BCUT2D eigenvalue weighted by atomic mass is 9.97. The third-order valence-corrected chi connectivity index (χ3v) is 5.50. The SMILES string of the molecule is Cn1c(SCC#N)nc2sc3c(c2c1=O)CCCC3. The van der Waals surface area contributed by atoms with Crippen LogP contribution in [-0.2, 0) is 19.9 Å². The third kappa shape index (κ3) is 2.07. The van der Waals surface area contributed by atoms with E-state index in [1.807, 2.05) is 0 Å². The summed E-state index contributed by atoms with van der Waals surface area (Å²) in [7, 11) is 1.74. The largest absolute Gasteiger partial charge is 0.290 e. The molecule has 19 heavy (non-hydrogen) atoms. The molecule has 0 fully saturated rings. The fourth-order valence-electron chi connectivity index (χ4n) is 2.49. The number of thiophene rings is 1. The highest BCUT2D eigenvalue weighted by atomic mass is 32.2. The molecule has 0 radical (unpaired) electrons. The van der Waals surface area contributed by atoms with Gasteiger partial charge in [-0.25, -0.2) is 4.98 Å². The van der Waals surface area contributed by atoms with Gasteiger partial charge in [-0.3, -0.25) is 9.36 Å². The van der Waals surface area contributed by atoms with Gasteiger partial charge in [0.25, 0.3) is 5.56 Å². The Kier molecular flexibility index (Phi) is 3.33. The number of hydrogen-bond donors (Lipinski definition) is 0. The lowest BCUT2D eigenvalue weighted by Gasteiger charge is -2.10. The highest BCUT2D eigenvalue weighted by Crippen LogP contribution is 2.34. The first-order chi connectivity index (χ1) is 9.22. The van der Waals surface area contributed by atoms with E-state index in [0.29, 0.717) is 10.9 Å². The lowest BCUT2D eigenvalue weighted by Crippen LogP contribution is -2.20. The Morgan fingerprint density at radius 2 is 2.26 bits per heavy atom. The van der Waals surface area contributed by atoms with E-state index in [1.165, 1.54) is 28.6 Å². The molecule has 0 unspecified atom stereocenters. The second-order valence-corrected chi connectivity index (χ2v) is 6.62. The summed E-state index contributed by atoms with van der Waals surface area (Å²) in [5, 5.41) is 10.1. The normalized spacial score (nSPS) is 14.3. The molecular formula is C13H13N3OS2. The van der Waals surface area contributed by atoms with Crippen LogP contribution in [0, 0.1) is 11.3 Å². The Morgan fingerprint density at radius 3 is 3.05 bits per heavy atom. The molecule has 3 rings (SSSR count). The molecule has 0 saturated heterocycles. The molecule has 1 aliphatic rings. The maximum absolute atomic E-state index is 12.5. The molecule has 0 saturated carbocycles. The van der Waals surface area contributed by atoms with E-state index in [9.17, 15) is 4.79 Å². The predicted octanol–water partition coefficient (Wildman–Crippen LogP) is 2.49. The number of fused-ring (bicyclic) bond motifs is 3. The van der Waals surface area contributed by atoms with Crippen LogP contribution in [0.15, 0.2) is 9.95 Å². The van der Waals surface area contributed by atoms with Crippen molar-refractivity contribution in [3.8, 4) is 6.07 Å². The standard InChI is InChI=1S/C13H13N3OS2/c1-16-12(17)10-8-4-2-3-5-9(8)19-11(10)15-13(16)18-7-6-14/h2-5,7H2,1H3. The number of thioether (sulfide) groups is 1. The first-order valence-electron chi connectivity index (χ1n) is 6.23. The van der Waals surface area contributed by atoms with Gasteiger partial charge in [-0.05, 0) is 31.2 Å². The number of aryl methyl sites for hydroxylation is 2. The fraction of sp³-hybridized carbons (Fsp3) is 0.462. The van der Waals surface area contributed by atoms with Gasteiger partial charge in [0, 0.05) is 11.9 Å². The Morgan fingerprint density at radius 1 is 1.47 bits per heavy atom. The number of nitrogens with zero attached hydrogens (tertiary/aromatic N) is 3. The lowest BCUT2D eigenvalue weighted by molar-refractivity contribution is 0.695. The van der Waals surface area contributed by atoms with Gasteiger partial charge in [-0.1, -0.05) is 11.8 Å². The zero-order valence-electron chi connectivity index (χ0n) is 10.6. The van der Waals surface area contributed by atoms with Crippen molar-refractivity contribution in [1.82, 2.24) is 9.55 Å². The topological polar surface area (TPSA) is 58.7 Å². The third-order valence-electron chi connectivity index (χ3n) is 3.42. The van der Waals surface area contributed by atoms with Crippen molar-refractivity contribution in [2.24, 2.45) is 7.05 Å². The van der Waals surface area contributed by atoms with E-state index >= 15 is 0 Å². The molecular weight excluding hydrogens is 278 g/mol. The quantitative estimate of drug-likeness (QED) is 0.630. The van der Waals surface area contributed by atoms with Crippen LogP contribution >= 0.6 is 23.1 Å². The van der Waals surface area contributed by atoms with E-state index in [1.54, 1.807) is 23.0 Å². The summed E-state index contributed by atoms with van der Waals surface area (Å²) < 4.78 is 1.58. The highest BCUT2D eigenvalue weighted by Gasteiger charge is 2.21. The minimum Gasteiger partial charge on any atom is -0.290 e. The Labute approximate surface area is 119 Å². The van der Waals surface area contributed by atoms with Crippen molar-refractivity contribution >= 4 is 33.3 Å². The molecule has 0 N–H and O–H groups in total. The second kappa shape index (κ2) is 4.99. The molecule has 0 atom stereocenters. The van der Waals surface area contributed by atoms with Crippen molar-refractivity contribution in [2.75, 3.05) is 5.75 Å². The van der Waals surface area contributed by atoms with Crippen LogP contribution in [0.2, 0.25) is 0 Å².